The molecule has 1 saturated heterocycles. The lowest BCUT2D eigenvalue weighted by molar-refractivity contribution is -0.122. The van der Waals surface area contributed by atoms with Crippen LogP contribution in [0, 0.1) is 0 Å². The normalized spacial score (nSPS) is 19.1. The number of nitrogens with one attached hydrogen (secondary N) is 2. The molecule has 0 aliphatic carbocycles. The molecule has 0 bridgehead atoms. The van der Waals surface area contributed by atoms with Crippen molar-refractivity contribution in [1.82, 2.24) is 15.5 Å². The van der Waals surface area contributed by atoms with Crippen molar-refractivity contribution in [2.24, 2.45) is 0 Å². The Morgan fingerprint density at radius 2 is 1.94 bits per heavy atom. The third-order valence-electron chi connectivity index (χ3n) is 6.51. The molecule has 1 aromatic heterocycles. The second-order valence-electron chi connectivity index (χ2n) is 8.94. The molecule has 0 spiro atoms. The highest BCUT2D eigenvalue weighted by molar-refractivity contribution is 5.95. The first kappa shape index (κ1) is 22.4. The van der Waals surface area contributed by atoms with Crippen molar-refractivity contribution in [2.75, 3.05) is 31.1 Å². The molecule has 2 aliphatic rings. The Balaban J connectivity index is 1.30. The van der Waals surface area contributed by atoms with Crippen molar-refractivity contribution in [2.45, 2.75) is 58.2 Å². The summed E-state index contributed by atoms with van der Waals surface area (Å²) in [7, 11) is 0. The van der Waals surface area contributed by atoms with Crippen LogP contribution in [0.25, 0.3) is 0 Å². The Morgan fingerprint density at radius 3 is 2.72 bits per heavy atom. The monoisotopic (exact) mass is 438 g/mol. The van der Waals surface area contributed by atoms with Crippen LogP contribution in [-0.2, 0) is 17.8 Å². The van der Waals surface area contributed by atoms with Gasteiger partial charge in [0, 0.05) is 37.4 Å². The van der Waals surface area contributed by atoms with Crippen LogP contribution in [0.4, 0.5) is 5.69 Å². The zero-order chi connectivity index (χ0) is 22.5. The number of furan rings is 1. The molecule has 7 nitrogen and oxygen atoms in total. The number of para-hydroxylation sites is 1. The van der Waals surface area contributed by atoms with Crippen LogP contribution in [0.3, 0.4) is 0 Å². The summed E-state index contributed by atoms with van der Waals surface area (Å²) < 4.78 is 5.74. The number of hydrogen-bond acceptors (Lipinski definition) is 5. The topological polar surface area (TPSA) is 77.8 Å². The van der Waals surface area contributed by atoms with Crippen molar-refractivity contribution in [3.8, 4) is 0 Å². The van der Waals surface area contributed by atoms with Gasteiger partial charge in [-0.05, 0) is 50.3 Å². The number of benzene rings is 1. The highest BCUT2D eigenvalue weighted by Gasteiger charge is 2.29. The first-order valence-electron chi connectivity index (χ1n) is 11.8. The fourth-order valence-corrected chi connectivity index (χ4v) is 4.71. The Kier molecular flexibility index (Phi) is 7.15. The average Bonchev–Trinajstić information content (AvgIpc) is 3.38. The van der Waals surface area contributed by atoms with Crippen molar-refractivity contribution < 1.29 is 14.0 Å². The van der Waals surface area contributed by atoms with E-state index in [-0.39, 0.29) is 17.9 Å². The number of carbonyl (C=O) groups excluding carboxylic acids is 2. The van der Waals surface area contributed by atoms with E-state index in [1.54, 1.807) is 12.3 Å². The lowest BCUT2D eigenvalue weighted by atomic mass is 10.0. The van der Waals surface area contributed by atoms with Crippen molar-refractivity contribution in [3.63, 3.8) is 0 Å². The number of hydrogen-bond donors (Lipinski definition) is 2. The second-order valence-corrected chi connectivity index (χ2v) is 8.94. The lowest BCUT2D eigenvalue weighted by Gasteiger charge is -2.32. The SMILES string of the molecule is CCCNC(=O)CN1CCC(NC(=O)c2ccoc2CN2c3ccccc3CC2C)CC1. The minimum absolute atomic E-state index is 0.0759. The van der Waals surface area contributed by atoms with Gasteiger partial charge in [0.05, 0.1) is 24.9 Å². The van der Waals surface area contributed by atoms with Gasteiger partial charge in [0.2, 0.25) is 5.91 Å². The third-order valence-corrected chi connectivity index (χ3v) is 6.51. The fraction of sp³-hybridized carbons (Fsp3) is 0.520. The van der Waals surface area contributed by atoms with Gasteiger partial charge in [0.1, 0.15) is 5.76 Å². The van der Waals surface area contributed by atoms with Gasteiger partial charge in [-0.25, -0.2) is 0 Å². The summed E-state index contributed by atoms with van der Waals surface area (Å²) in [6.07, 6.45) is 5.24. The largest absolute Gasteiger partial charge is 0.467 e. The molecule has 4 rings (SSSR count). The zero-order valence-electron chi connectivity index (χ0n) is 19.1. The van der Waals surface area contributed by atoms with Gasteiger partial charge < -0.3 is 20.0 Å². The van der Waals surface area contributed by atoms with E-state index in [0.29, 0.717) is 30.5 Å². The van der Waals surface area contributed by atoms with Crippen LogP contribution in [0.5, 0.6) is 0 Å². The number of nitrogens with zero attached hydrogens (tertiary/aromatic N) is 2. The van der Waals surface area contributed by atoms with Gasteiger partial charge in [-0.2, -0.15) is 0 Å². The summed E-state index contributed by atoms with van der Waals surface area (Å²) >= 11 is 0. The predicted octanol–water partition coefficient (Wildman–Crippen LogP) is 2.95. The summed E-state index contributed by atoms with van der Waals surface area (Å²) in [5.74, 6) is 0.708. The standard InChI is InChI=1S/C25H34N4O3/c1-3-11-26-24(30)17-28-12-8-20(9-13-28)27-25(31)21-10-14-32-23(21)16-29-18(2)15-19-6-4-5-7-22(19)29/h4-7,10,14,18,20H,3,8-9,11-13,15-17H2,1-2H3,(H,26,30)(H,27,31). The molecule has 1 atom stereocenters. The van der Waals surface area contributed by atoms with Crippen LogP contribution in [0.1, 0.15) is 54.8 Å². The molecule has 1 unspecified atom stereocenters. The maximum Gasteiger partial charge on any atom is 0.255 e. The maximum absolute atomic E-state index is 13.0. The second kappa shape index (κ2) is 10.2. The van der Waals surface area contributed by atoms with Gasteiger partial charge in [-0.15, -0.1) is 0 Å². The van der Waals surface area contributed by atoms with Crippen LogP contribution in [0.2, 0.25) is 0 Å². The summed E-state index contributed by atoms with van der Waals surface area (Å²) in [4.78, 5) is 29.4. The zero-order valence-corrected chi connectivity index (χ0v) is 19.1. The van der Waals surface area contributed by atoms with Crippen molar-refractivity contribution >= 4 is 17.5 Å². The van der Waals surface area contributed by atoms with Crippen LogP contribution in [0.15, 0.2) is 41.0 Å². The van der Waals surface area contributed by atoms with Crippen LogP contribution in [-0.4, -0.2) is 55.0 Å². The van der Waals surface area contributed by atoms with E-state index in [1.165, 1.54) is 11.3 Å². The van der Waals surface area contributed by atoms with E-state index < -0.39 is 0 Å². The molecule has 3 heterocycles. The summed E-state index contributed by atoms with van der Waals surface area (Å²) in [6.45, 7) is 7.61. The molecule has 2 amide bonds. The van der Waals surface area contributed by atoms with Crippen molar-refractivity contribution in [1.29, 1.82) is 0 Å². The quantitative estimate of drug-likeness (QED) is 0.663. The van der Waals surface area contributed by atoms with Gasteiger partial charge in [0.25, 0.3) is 5.91 Å². The van der Waals surface area contributed by atoms with E-state index in [9.17, 15) is 9.59 Å². The molecule has 1 fully saturated rings. The Morgan fingerprint density at radius 1 is 1.16 bits per heavy atom. The maximum atomic E-state index is 13.0. The average molecular weight is 439 g/mol. The molecule has 0 radical (unpaired) electrons. The van der Waals surface area contributed by atoms with Gasteiger partial charge in [-0.1, -0.05) is 25.1 Å². The fourth-order valence-electron chi connectivity index (χ4n) is 4.71. The molecule has 2 aromatic rings. The predicted molar refractivity (Wildman–Crippen MR) is 125 cm³/mol. The Labute approximate surface area is 190 Å². The van der Waals surface area contributed by atoms with Gasteiger partial charge >= 0.3 is 0 Å². The highest BCUT2D eigenvalue weighted by atomic mass is 16.3. The van der Waals surface area contributed by atoms with Crippen LogP contribution >= 0.6 is 0 Å². The summed E-state index contributed by atoms with van der Waals surface area (Å²) in [5, 5.41) is 6.10. The number of amides is 2. The van der Waals surface area contributed by atoms with Gasteiger partial charge in [-0.3, -0.25) is 14.5 Å². The summed E-state index contributed by atoms with van der Waals surface area (Å²) in [5.41, 5.74) is 3.17. The van der Waals surface area contributed by atoms with E-state index in [2.05, 4.69) is 51.6 Å². The van der Waals surface area contributed by atoms with E-state index >= 15 is 0 Å². The smallest absolute Gasteiger partial charge is 0.255 e. The number of piperidine rings is 1. The first-order valence-corrected chi connectivity index (χ1v) is 11.8. The number of carbonyl (C=O) groups is 2. The number of likely N-dealkylation sites (tertiary alicyclic amines) is 1. The minimum Gasteiger partial charge on any atom is -0.467 e. The van der Waals surface area contributed by atoms with E-state index in [0.717, 1.165) is 45.3 Å². The number of rotatable bonds is 8. The van der Waals surface area contributed by atoms with E-state index in [1.807, 2.05) is 6.92 Å². The molecule has 0 saturated carbocycles. The molecule has 172 valence electrons. The Bertz CT molecular complexity index is 933. The lowest BCUT2D eigenvalue weighted by Crippen LogP contribution is -2.47. The number of fused-ring (bicyclic) bond motifs is 1. The Hall–Kier alpha value is -2.80. The molecular formula is C25H34N4O3. The molecule has 2 aliphatic heterocycles. The number of anilines is 1. The summed E-state index contributed by atoms with van der Waals surface area (Å²) in [6, 6.07) is 10.7. The third kappa shape index (κ3) is 5.15. The van der Waals surface area contributed by atoms with Gasteiger partial charge in [0.15, 0.2) is 0 Å². The molecular weight excluding hydrogens is 404 g/mol. The molecule has 2 N–H and O–H groups in total. The molecule has 7 heteroatoms. The van der Waals surface area contributed by atoms with Crippen molar-refractivity contribution in [3.05, 3.63) is 53.5 Å². The van der Waals surface area contributed by atoms with E-state index in [4.69, 9.17) is 4.42 Å². The minimum atomic E-state index is -0.0759. The first-order chi connectivity index (χ1) is 15.5. The van der Waals surface area contributed by atoms with Crippen LogP contribution < -0.4 is 15.5 Å². The molecule has 1 aromatic carbocycles. The highest BCUT2D eigenvalue weighted by Crippen LogP contribution is 2.33. The molecule has 32 heavy (non-hydrogen) atoms.